The van der Waals surface area contributed by atoms with Gasteiger partial charge in [0.2, 0.25) is 0 Å². The van der Waals surface area contributed by atoms with Crippen LogP contribution in [0.3, 0.4) is 0 Å². The Balaban J connectivity index is 2.17. The number of hydrogen-bond donors (Lipinski definition) is 3. The number of H-pyrrole nitrogens is 1. The minimum absolute atomic E-state index is 0.397. The molecule has 0 saturated heterocycles. The summed E-state index contributed by atoms with van der Waals surface area (Å²) in [7, 11) is 1.64. The number of rotatable bonds is 2. The van der Waals surface area contributed by atoms with E-state index in [0.717, 1.165) is 16.9 Å². The fourth-order valence-corrected chi connectivity index (χ4v) is 1.35. The zero-order chi connectivity index (χ0) is 11.4. The van der Waals surface area contributed by atoms with Crippen molar-refractivity contribution in [1.29, 1.82) is 0 Å². The lowest BCUT2D eigenvalue weighted by atomic mass is 10.1. The zero-order valence-electron chi connectivity index (χ0n) is 8.94. The fraction of sp³-hybridized carbons (Fsp3) is 0.0909. The molecule has 0 saturated carbocycles. The van der Waals surface area contributed by atoms with E-state index in [4.69, 9.17) is 5.73 Å². The third-order valence-corrected chi connectivity index (χ3v) is 2.21. The highest BCUT2D eigenvalue weighted by atomic mass is 15.1. The van der Waals surface area contributed by atoms with Crippen molar-refractivity contribution in [3.05, 3.63) is 36.8 Å². The summed E-state index contributed by atoms with van der Waals surface area (Å²) in [6.45, 7) is 0. The number of nitrogens with two attached hydrogens (primary N) is 1. The molecule has 5 nitrogen and oxygen atoms in total. The monoisotopic (exact) mass is 215 g/mol. The van der Waals surface area contributed by atoms with Gasteiger partial charge in [0.15, 0.2) is 5.96 Å². The maximum absolute atomic E-state index is 5.56. The van der Waals surface area contributed by atoms with Crippen LogP contribution in [0, 0.1) is 0 Å². The summed E-state index contributed by atoms with van der Waals surface area (Å²) in [6.07, 6.45) is 3.44. The minimum atomic E-state index is 0.397. The lowest BCUT2D eigenvalue weighted by Crippen LogP contribution is -2.21. The first-order chi connectivity index (χ1) is 7.79. The maximum Gasteiger partial charge on any atom is 0.192 e. The number of nitrogens with one attached hydrogen (secondary N) is 2. The molecule has 4 N–H and O–H groups in total. The van der Waals surface area contributed by atoms with Crippen LogP contribution >= 0.6 is 0 Å². The van der Waals surface area contributed by atoms with E-state index in [1.807, 2.05) is 24.3 Å². The van der Waals surface area contributed by atoms with Crippen LogP contribution in [0.5, 0.6) is 0 Å². The molecule has 16 heavy (non-hydrogen) atoms. The van der Waals surface area contributed by atoms with Crippen molar-refractivity contribution < 1.29 is 0 Å². The molecule has 0 fully saturated rings. The molecule has 0 radical (unpaired) electrons. The van der Waals surface area contributed by atoms with Gasteiger partial charge in [-0.25, -0.2) is 4.98 Å². The molecule has 1 aromatic heterocycles. The van der Waals surface area contributed by atoms with Crippen LogP contribution in [0.25, 0.3) is 11.3 Å². The van der Waals surface area contributed by atoms with Gasteiger partial charge >= 0.3 is 0 Å². The van der Waals surface area contributed by atoms with E-state index in [1.165, 1.54) is 0 Å². The van der Waals surface area contributed by atoms with Gasteiger partial charge in [0.25, 0.3) is 0 Å². The van der Waals surface area contributed by atoms with Crippen LogP contribution in [0.15, 0.2) is 41.8 Å². The molecule has 1 heterocycles. The Morgan fingerprint density at radius 3 is 2.69 bits per heavy atom. The summed E-state index contributed by atoms with van der Waals surface area (Å²) in [6, 6.07) is 7.85. The van der Waals surface area contributed by atoms with Gasteiger partial charge in [-0.05, 0) is 17.7 Å². The van der Waals surface area contributed by atoms with Crippen molar-refractivity contribution in [3.8, 4) is 11.3 Å². The molecule has 0 amide bonds. The van der Waals surface area contributed by atoms with Crippen LogP contribution in [0.4, 0.5) is 5.69 Å². The van der Waals surface area contributed by atoms with Gasteiger partial charge in [-0.15, -0.1) is 0 Å². The Morgan fingerprint density at radius 1 is 1.38 bits per heavy atom. The van der Waals surface area contributed by atoms with Crippen LogP contribution in [0.1, 0.15) is 0 Å². The van der Waals surface area contributed by atoms with Crippen molar-refractivity contribution in [2.24, 2.45) is 10.7 Å². The summed E-state index contributed by atoms with van der Waals surface area (Å²) in [5, 5.41) is 2.97. The summed E-state index contributed by atoms with van der Waals surface area (Å²) in [5.41, 5.74) is 8.54. The zero-order valence-corrected chi connectivity index (χ0v) is 8.94. The highest BCUT2D eigenvalue weighted by Crippen LogP contribution is 2.18. The second kappa shape index (κ2) is 4.48. The quantitative estimate of drug-likeness (QED) is 0.523. The van der Waals surface area contributed by atoms with E-state index in [-0.39, 0.29) is 0 Å². The lowest BCUT2D eigenvalue weighted by Gasteiger charge is -2.05. The molecule has 2 rings (SSSR count). The van der Waals surface area contributed by atoms with Crippen molar-refractivity contribution in [2.75, 3.05) is 12.4 Å². The first kappa shape index (κ1) is 10.2. The highest BCUT2D eigenvalue weighted by Gasteiger charge is 1.99. The van der Waals surface area contributed by atoms with Gasteiger partial charge in [0.1, 0.15) is 0 Å². The first-order valence-corrected chi connectivity index (χ1v) is 4.87. The Hall–Kier alpha value is -2.30. The van der Waals surface area contributed by atoms with Gasteiger partial charge < -0.3 is 16.0 Å². The van der Waals surface area contributed by atoms with Crippen molar-refractivity contribution in [1.82, 2.24) is 9.97 Å². The molecule has 0 atom stereocenters. The lowest BCUT2D eigenvalue weighted by molar-refractivity contribution is 1.31. The number of anilines is 1. The molecule has 1 aromatic carbocycles. The summed E-state index contributed by atoms with van der Waals surface area (Å²) in [4.78, 5) is 10.8. The minimum Gasteiger partial charge on any atom is -0.370 e. The number of aromatic nitrogens is 2. The second-order valence-electron chi connectivity index (χ2n) is 3.28. The summed E-state index contributed by atoms with van der Waals surface area (Å²) >= 11 is 0. The normalized spacial score (nSPS) is 11.4. The molecule has 0 unspecified atom stereocenters. The van der Waals surface area contributed by atoms with Crippen LogP contribution in [0.2, 0.25) is 0 Å². The molecule has 0 aliphatic rings. The van der Waals surface area contributed by atoms with E-state index in [0.29, 0.717) is 5.96 Å². The fourth-order valence-electron chi connectivity index (χ4n) is 1.35. The van der Waals surface area contributed by atoms with Gasteiger partial charge in [0.05, 0.1) is 18.2 Å². The number of aliphatic imine (C=N–C) groups is 1. The third kappa shape index (κ3) is 2.20. The maximum atomic E-state index is 5.56. The Morgan fingerprint density at radius 2 is 2.12 bits per heavy atom. The van der Waals surface area contributed by atoms with Gasteiger partial charge in [-0.2, -0.15) is 0 Å². The van der Waals surface area contributed by atoms with Gasteiger partial charge in [0, 0.05) is 12.7 Å². The number of guanidine groups is 1. The van der Waals surface area contributed by atoms with E-state index < -0.39 is 0 Å². The Labute approximate surface area is 93.4 Å². The molecule has 82 valence electrons. The second-order valence-corrected chi connectivity index (χ2v) is 3.28. The van der Waals surface area contributed by atoms with Crippen LogP contribution in [-0.4, -0.2) is 23.0 Å². The number of benzene rings is 1. The predicted molar refractivity (Wildman–Crippen MR) is 65.2 cm³/mol. The average molecular weight is 215 g/mol. The summed E-state index contributed by atoms with van der Waals surface area (Å²) < 4.78 is 0. The summed E-state index contributed by atoms with van der Waals surface area (Å²) in [5.74, 6) is 0.397. The number of aromatic amines is 1. The molecule has 5 heteroatoms. The molecular formula is C11H13N5. The topological polar surface area (TPSA) is 79.1 Å². The molecule has 2 aromatic rings. The van der Waals surface area contributed by atoms with Crippen LogP contribution in [-0.2, 0) is 0 Å². The van der Waals surface area contributed by atoms with Crippen molar-refractivity contribution >= 4 is 11.6 Å². The Bertz CT molecular complexity index is 470. The standard InChI is InChI=1S/C11H13N5/c1-13-11(12)16-9-4-2-8(3-5-9)10-6-14-7-15-10/h2-7H,1H3,(H,14,15)(H3,12,13,16). The average Bonchev–Trinajstić information content (AvgIpc) is 2.83. The van der Waals surface area contributed by atoms with E-state index in [2.05, 4.69) is 20.3 Å². The van der Waals surface area contributed by atoms with E-state index >= 15 is 0 Å². The molecule has 0 bridgehead atoms. The SMILES string of the molecule is CN=C(N)Nc1ccc(-c2cnc[nH]2)cc1. The van der Waals surface area contributed by atoms with Crippen LogP contribution < -0.4 is 11.1 Å². The number of imidazole rings is 1. The van der Waals surface area contributed by atoms with E-state index in [9.17, 15) is 0 Å². The molecule has 0 spiro atoms. The largest absolute Gasteiger partial charge is 0.370 e. The molecular weight excluding hydrogens is 202 g/mol. The van der Waals surface area contributed by atoms with Crippen molar-refractivity contribution in [2.45, 2.75) is 0 Å². The van der Waals surface area contributed by atoms with Crippen molar-refractivity contribution in [3.63, 3.8) is 0 Å². The third-order valence-electron chi connectivity index (χ3n) is 2.21. The smallest absolute Gasteiger partial charge is 0.192 e. The first-order valence-electron chi connectivity index (χ1n) is 4.87. The predicted octanol–water partition coefficient (Wildman–Crippen LogP) is 1.43. The number of hydrogen-bond acceptors (Lipinski definition) is 2. The highest BCUT2D eigenvalue weighted by molar-refractivity contribution is 5.92. The molecule has 0 aliphatic carbocycles. The van der Waals surface area contributed by atoms with Gasteiger partial charge in [-0.3, -0.25) is 4.99 Å². The van der Waals surface area contributed by atoms with E-state index in [1.54, 1.807) is 19.6 Å². The van der Waals surface area contributed by atoms with Gasteiger partial charge in [-0.1, -0.05) is 12.1 Å². The molecule has 0 aliphatic heterocycles. The Kier molecular flexibility index (Phi) is 2.86. The number of nitrogens with zero attached hydrogens (tertiary/aromatic N) is 2.